The van der Waals surface area contributed by atoms with Crippen LogP contribution in [0.25, 0.3) is 0 Å². The molecule has 6 nitrogen and oxygen atoms in total. The summed E-state index contributed by atoms with van der Waals surface area (Å²) in [6, 6.07) is 9.94. The summed E-state index contributed by atoms with van der Waals surface area (Å²) >= 11 is 1.24. The molecule has 0 aliphatic rings. The molecule has 1 aromatic carbocycles. The van der Waals surface area contributed by atoms with E-state index in [1.54, 1.807) is 14.1 Å². The molecular formula is C14H19N4O2S+. The average molecular weight is 307 g/mol. The molecule has 0 aliphatic heterocycles. The van der Waals surface area contributed by atoms with Gasteiger partial charge in [-0.25, -0.2) is 0 Å². The number of nitrogens with zero attached hydrogens (tertiary/aromatic N) is 3. The van der Waals surface area contributed by atoms with Gasteiger partial charge in [0.1, 0.15) is 0 Å². The molecule has 0 bridgehead atoms. The second-order valence-corrected chi connectivity index (χ2v) is 5.80. The van der Waals surface area contributed by atoms with E-state index in [0.29, 0.717) is 11.1 Å². The van der Waals surface area contributed by atoms with Crippen molar-refractivity contribution in [2.24, 2.45) is 0 Å². The fraction of sp³-hybridized carbons (Fsp3) is 0.357. The zero-order chi connectivity index (χ0) is 15.2. The van der Waals surface area contributed by atoms with Crippen molar-refractivity contribution in [3.05, 3.63) is 41.8 Å². The number of hydrogen-bond donors (Lipinski definition) is 1. The quantitative estimate of drug-likeness (QED) is 0.797. The SMILES string of the molecule is CN(C)C(=O)CSc1nnc([C@@H]([NH3+])Cc2ccccc2)o1. The van der Waals surface area contributed by atoms with E-state index in [9.17, 15) is 4.79 Å². The molecule has 0 fully saturated rings. The van der Waals surface area contributed by atoms with Crippen LogP contribution < -0.4 is 5.73 Å². The van der Waals surface area contributed by atoms with Gasteiger partial charge in [0.15, 0.2) is 6.04 Å². The van der Waals surface area contributed by atoms with Crippen LogP contribution in [0.15, 0.2) is 40.0 Å². The third-order valence-corrected chi connectivity index (χ3v) is 3.72. The maximum atomic E-state index is 11.5. The fourth-order valence-electron chi connectivity index (χ4n) is 1.68. The minimum absolute atomic E-state index is 0.00945. The Kier molecular flexibility index (Phi) is 5.35. The number of rotatable bonds is 6. The third-order valence-electron chi connectivity index (χ3n) is 2.91. The summed E-state index contributed by atoms with van der Waals surface area (Å²) in [5.74, 6) is 0.795. The van der Waals surface area contributed by atoms with Crippen LogP contribution in [0.2, 0.25) is 0 Å². The number of carbonyl (C=O) groups excluding carboxylic acids is 1. The first-order chi connectivity index (χ1) is 10.1. The van der Waals surface area contributed by atoms with Crippen molar-refractivity contribution in [1.82, 2.24) is 15.1 Å². The normalized spacial score (nSPS) is 12.1. The molecule has 21 heavy (non-hydrogen) atoms. The lowest BCUT2D eigenvalue weighted by Crippen LogP contribution is -2.54. The van der Waals surface area contributed by atoms with E-state index < -0.39 is 0 Å². The van der Waals surface area contributed by atoms with Gasteiger partial charge in [-0.2, -0.15) is 0 Å². The van der Waals surface area contributed by atoms with Gasteiger partial charge in [-0.05, 0) is 5.56 Å². The summed E-state index contributed by atoms with van der Waals surface area (Å²) in [5, 5.41) is 8.36. The van der Waals surface area contributed by atoms with Gasteiger partial charge in [-0.3, -0.25) is 4.79 Å². The summed E-state index contributed by atoms with van der Waals surface area (Å²) in [6.07, 6.45) is 0.740. The molecule has 0 radical (unpaired) electrons. The van der Waals surface area contributed by atoms with Crippen molar-refractivity contribution < 1.29 is 14.9 Å². The van der Waals surface area contributed by atoms with Gasteiger partial charge in [0.05, 0.1) is 5.75 Å². The zero-order valence-corrected chi connectivity index (χ0v) is 13.0. The largest absolute Gasteiger partial charge is 0.410 e. The van der Waals surface area contributed by atoms with Crippen LogP contribution >= 0.6 is 11.8 Å². The minimum atomic E-state index is -0.0983. The molecule has 0 saturated carbocycles. The summed E-state index contributed by atoms with van der Waals surface area (Å²) in [4.78, 5) is 13.0. The Morgan fingerprint density at radius 2 is 2.05 bits per heavy atom. The number of benzene rings is 1. The Morgan fingerprint density at radius 1 is 1.33 bits per heavy atom. The van der Waals surface area contributed by atoms with Crippen LogP contribution in [-0.4, -0.2) is 40.9 Å². The highest BCUT2D eigenvalue weighted by molar-refractivity contribution is 7.99. The molecule has 0 saturated heterocycles. The van der Waals surface area contributed by atoms with E-state index in [0.717, 1.165) is 6.42 Å². The summed E-state index contributed by atoms with van der Waals surface area (Å²) < 4.78 is 5.56. The maximum absolute atomic E-state index is 11.5. The molecule has 1 heterocycles. The fourth-order valence-corrected chi connectivity index (χ4v) is 2.43. The van der Waals surface area contributed by atoms with Crippen LogP contribution in [0.4, 0.5) is 0 Å². The highest BCUT2D eigenvalue weighted by Crippen LogP contribution is 2.20. The standard InChI is InChI=1S/C14H18N4O2S/c1-18(2)12(19)9-21-14-17-16-13(20-14)11(15)8-10-6-4-3-5-7-10/h3-7,11H,8-9,15H2,1-2H3/p+1/t11-/m0/s1. The van der Waals surface area contributed by atoms with E-state index in [1.165, 1.54) is 22.2 Å². The molecule has 2 rings (SSSR count). The van der Waals surface area contributed by atoms with Crippen molar-refractivity contribution in [2.45, 2.75) is 17.7 Å². The first-order valence-electron chi connectivity index (χ1n) is 6.59. The molecule has 0 spiro atoms. The zero-order valence-electron chi connectivity index (χ0n) is 12.2. The van der Waals surface area contributed by atoms with Gasteiger partial charge in [-0.15, -0.1) is 10.2 Å². The van der Waals surface area contributed by atoms with E-state index >= 15 is 0 Å². The van der Waals surface area contributed by atoms with Gasteiger partial charge in [-0.1, -0.05) is 42.1 Å². The molecule has 2 aromatic rings. The highest BCUT2D eigenvalue weighted by atomic mass is 32.2. The van der Waals surface area contributed by atoms with E-state index in [-0.39, 0.29) is 17.7 Å². The second kappa shape index (κ2) is 7.24. The first kappa shape index (κ1) is 15.5. The third kappa shape index (κ3) is 4.57. The number of hydrogen-bond acceptors (Lipinski definition) is 5. The minimum Gasteiger partial charge on any atom is -0.410 e. The van der Waals surface area contributed by atoms with Gasteiger partial charge in [0.25, 0.3) is 11.1 Å². The Labute approximate surface area is 127 Å². The number of carbonyl (C=O) groups is 1. The Bertz CT molecular complexity index is 586. The first-order valence-corrected chi connectivity index (χ1v) is 7.58. The van der Waals surface area contributed by atoms with Crippen molar-refractivity contribution in [2.75, 3.05) is 19.8 Å². The van der Waals surface area contributed by atoms with E-state index in [1.807, 2.05) is 30.3 Å². The van der Waals surface area contributed by atoms with Crippen LogP contribution in [-0.2, 0) is 11.2 Å². The summed E-state index contributed by atoms with van der Waals surface area (Å²) in [7, 11) is 3.43. The molecular weight excluding hydrogens is 288 g/mol. The average Bonchev–Trinajstić information content (AvgIpc) is 2.94. The lowest BCUT2D eigenvalue weighted by Gasteiger charge is -2.07. The monoisotopic (exact) mass is 307 g/mol. The highest BCUT2D eigenvalue weighted by Gasteiger charge is 2.19. The van der Waals surface area contributed by atoms with Crippen LogP contribution in [0.3, 0.4) is 0 Å². The van der Waals surface area contributed by atoms with Crippen molar-refractivity contribution >= 4 is 17.7 Å². The lowest BCUT2D eigenvalue weighted by atomic mass is 10.1. The lowest BCUT2D eigenvalue weighted by molar-refractivity contribution is -0.431. The molecule has 7 heteroatoms. The van der Waals surface area contributed by atoms with Crippen molar-refractivity contribution in [3.63, 3.8) is 0 Å². The molecule has 1 atom stereocenters. The number of thioether (sulfide) groups is 1. The summed E-state index contributed by atoms with van der Waals surface area (Å²) in [6.45, 7) is 0. The number of aromatic nitrogens is 2. The van der Waals surface area contributed by atoms with Crippen LogP contribution in [0.5, 0.6) is 0 Å². The second-order valence-electron chi connectivity index (χ2n) is 4.87. The smallest absolute Gasteiger partial charge is 0.277 e. The van der Waals surface area contributed by atoms with Crippen LogP contribution in [0, 0.1) is 0 Å². The molecule has 112 valence electrons. The van der Waals surface area contributed by atoms with Crippen molar-refractivity contribution in [3.8, 4) is 0 Å². The number of quaternary nitrogens is 1. The molecule has 1 amide bonds. The van der Waals surface area contributed by atoms with Gasteiger partial charge >= 0.3 is 0 Å². The van der Waals surface area contributed by atoms with E-state index in [2.05, 4.69) is 15.9 Å². The summed E-state index contributed by atoms with van der Waals surface area (Å²) in [5.41, 5.74) is 5.23. The van der Waals surface area contributed by atoms with Gasteiger partial charge in [0, 0.05) is 20.5 Å². The topological polar surface area (TPSA) is 86.9 Å². The predicted octanol–water partition coefficient (Wildman–Crippen LogP) is 0.776. The molecule has 1 aromatic heterocycles. The van der Waals surface area contributed by atoms with Gasteiger partial charge < -0.3 is 15.1 Å². The Hall–Kier alpha value is -1.86. The van der Waals surface area contributed by atoms with Gasteiger partial charge in [0.2, 0.25) is 5.91 Å². The van der Waals surface area contributed by atoms with Crippen LogP contribution in [0.1, 0.15) is 17.5 Å². The predicted molar refractivity (Wildman–Crippen MR) is 79.5 cm³/mol. The van der Waals surface area contributed by atoms with Crippen molar-refractivity contribution in [1.29, 1.82) is 0 Å². The Balaban J connectivity index is 1.91. The molecule has 0 unspecified atom stereocenters. The van der Waals surface area contributed by atoms with E-state index in [4.69, 9.17) is 4.42 Å². The molecule has 3 N–H and O–H groups in total. The maximum Gasteiger partial charge on any atom is 0.277 e. The number of amides is 1. The Morgan fingerprint density at radius 3 is 2.71 bits per heavy atom. The molecule has 0 aliphatic carbocycles.